The van der Waals surface area contributed by atoms with Crippen molar-refractivity contribution < 1.29 is 28.9 Å². The van der Waals surface area contributed by atoms with Crippen molar-refractivity contribution in [1.29, 1.82) is 0 Å². The Hall–Kier alpha value is -2.71. The third-order valence-corrected chi connectivity index (χ3v) is 6.31. The molecule has 1 fully saturated rings. The number of fused-ring (bicyclic) bond motifs is 1. The van der Waals surface area contributed by atoms with E-state index >= 15 is 0 Å². The molecule has 1 aromatic heterocycles. The van der Waals surface area contributed by atoms with Gasteiger partial charge in [-0.05, 0) is 13.0 Å². The van der Waals surface area contributed by atoms with Crippen LogP contribution < -0.4 is 4.74 Å². The van der Waals surface area contributed by atoms with Gasteiger partial charge in [0, 0.05) is 51.5 Å². The van der Waals surface area contributed by atoms with Crippen molar-refractivity contribution in [3.8, 4) is 17.7 Å². The zero-order valence-electron chi connectivity index (χ0n) is 21.0. The summed E-state index contributed by atoms with van der Waals surface area (Å²) in [6.07, 6.45) is 1.16. The average Bonchev–Trinajstić information content (AvgIpc) is 2.86. The summed E-state index contributed by atoms with van der Waals surface area (Å²) >= 11 is 0. The summed E-state index contributed by atoms with van der Waals surface area (Å²) in [5.74, 6) is 5.62. The Morgan fingerprint density at radius 1 is 1.40 bits per heavy atom. The molecule has 10 heteroatoms. The zero-order valence-corrected chi connectivity index (χ0v) is 21.0. The van der Waals surface area contributed by atoms with E-state index in [9.17, 15) is 14.7 Å². The van der Waals surface area contributed by atoms with E-state index in [-0.39, 0.29) is 48.4 Å². The second-order valence-electron chi connectivity index (χ2n) is 9.10. The predicted octanol–water partition coefficient (Wildman–Crippen LogP) is 0.0902. The van der Waals surface area contributed by atoms with E-state index in [1.54, 1.807) is 43.1 Å². The minimum Gasteiger partial charge on any atom is -0.472 e. The Morgan fingerprint density at radius 3 is 2.83 bits per heavy atom. The average molecular weight is 489 g/mol. The lowest BCUT2D eigenvalue weighted by atomic mass is 10.00. The summed E-state index contributed by atoms with van der Waals surface area (Å²) in [6.45, 7) is 7.65. The van der Waals surface area contributed by atoms with Gasteiger partial charge in [0.2, 0.25) is 11.8 Å². The second kappa shape index (κ2) is 12.8. The summed E-state index contributed by atoms with van der Waals surface area (Å²) < 4.78 is 16.6. The molecule has 3 heterocycles. The highest BCUT2D eigenvalue weighted by atomic mass is 16.5. The van der Waals surface area contributed by atoms with Crippen LogP contribution in [0.3, 0.4) is 0 Å². The maximum atomic E-state index is 13.4. The first kappa shape index (κ1) is 26.9. The Bertz CT molecular complexity index is 940. The van der Waals surface area contributed by atoms with Crippen LogP contribution in [0, 0.1) is 17.8 Å². The van der Waals surface area contributed by atoms with Gasteiger partial charge in [-0.25, -0.2) is 4.98 Å². The van der Waals surface area contributed by atoms with Crippen LogP contribution >= 0.6 is 0 Å². The van der Waals surface area contributed by atoms with E-state index in [0.717, 1.165) is 13.1 Å². The molecule has 35 heavy (non-hydrogen) atoms. The number of aromatic nitrogens is 1. The smallest absolute Gasteiger partial charge is 0.259 e. The van der Waals surface area contributed by atoms with Crippen LogP contribution in [-0.2, 0) is 14.3 Å². The van der Waals surface area contributed by atoms with Crippen LogP contribution in [-0.4, -0.2) is 122 Å². The fraction of sp³-hybridized carbons (Fsp3) is 0.640. The second-order valence-corrected chi connectivity index (χ2v) is 9.10. The van der Waals surface area contributed by atoms with Gasteiger partial charge < -0.3 is 29.1 Å². The molecule has 0 saturated carbocycles. The summed E-state index contributed by atoms with van der Waals surface area (Å²) in [7, 11) is 3.32. The van der Waals surface area contributed by atoms with E-state index in [4.69, 9.17) is 14.2 Å². The van der Waals surface area contributed by atoms with Crippen LogP contribution in [0.1, 0.15) is 29.8 Å². The van der Waals surface area contributed by atoms with Crippen molar-refractivity contribution in [2.24, 2.45) is 5.92 Å². The number of aliphatic hydroxyl groups excluding tert-OH is 1. The number of morpholine rings is 1. The molecular weight excluding hydrogens is 452 g/mol. The summed E-state index contributed by atoms with van der Waals surface area (Å²) in [5.41, 5.74) is 0.853. The molecule has 3 atom stereocenters. The van der Waals surface area contributed by atoms with Gasteiger partial charge in [-0.2, -0.15) is 0 Å². The van der Waals surface area contributed by atoms with Crippen LogP contribution in [0.2, 0.25) is 0 Å². The number of ether oxygens (including phenoxy) is 3. The largest absolute Gasteiger partial charge is 0.472 e. The Morgan fingerprint density at radius 2 is 2.14 bits per heavy atom. The maximum Gasteiger partial charge on any atom is 0.259 e. The molecule has 1 N–H and O–H groups in total. The van der Waals surface area contributed by atoms with Crippen molar-refractivity contribution in [2.75, 3.05) is 73.3 Å². The molecule has 1 aromatic rings. The number of likely N-dealkylation sites (N-methyl/N-ethyl adjacent to an activating group) is 1. The monoisotopic (exact) mass is 488 g/mol. The molecule has 3 rings (SSSR count). The van der Waals surface area contributed by atoms with Gasteiger partial charge in [-0.15, -0.1) is 0 Å². The van der Waals surface area contributed by atoms with Gasteiger partial charge in [-0.1, -0.05) is 18.8 Å². The molecule has 0 aliphatic carbocycles. The first-order valence-corrected chi connectivity index (χ1v) is 11.9. The van der Waals surface area contributed by atoms with Gasteiger partial charge >= 0.3 is 0 Å². The van der Waals surface area contributed by atoms with Crippen LogP contribution in [0.25, 0.3) is 0 Å². The lowest BCUT2D eigenvalue weighted by Gasteiger charge is -2.38. The number of amides is 2. The number of aliphatic hydroxyl groups is 1. The summed E-state index contributed by atoms with van der Waals surface area (Å²) in [5, 5.41) is 9.80. The van der Waals surface area contributed by atoms with Crippen LogP contribution in [0.5, 0.6) is 5.88 Å². The molecule has 2 aliphatic rings. The minimum atomic E-state index is -0.396. The molecular formula is C25H36N4O6. The number of rotatable bonds is 7. The van der Waals surface area contributed by atoms with Crippen LogP contribution in [0.15, 0.2) is 12.3 Å². The maximum absolute atomic E-state index is 13.4. The van der Waals surface area contributed by atoms with Gasteiger partial charge in [0.1, 0.15) is 18.3 Å². The molecule has 0 aromatic carbocycles. The third kappa shape index (κ3) is 7.15. The molecule has 0 bridgehead atoms. The van der Waals surface area contributed by atoms with Gasteiger partial charge in [0.05, 0.1) is 39.0 Å². The topological polar surface area (TPSA) is 105 Å². The van der Waals surface area contributed by atoms with Gasteiger partial charge in [-0.3, -0.25) is 14.5 Å². The van der Waals surface area contributed by atoms with E-state index < -0.39 is 6.10 Å². The van der Waals surface area contributed by atoms with Gasteiger partial charge in [0.25, 0.3) is 5.91 Å². The van der Waals surface area contributed by atoms with Crippen molar-refractivity contribution in [2.45, 2.75) is 26.0 Å². The molecule has 192 valence electrons. The minimum absolute atomic E-state index is 0.00151. The fourth-order valence-corrected chi connectivity index (χ4v) is 4.04. The van der Waals surface area contributed by atoms with Crippen molar-refractivity contribution >= 4 is 11.8 Å². The Balaban J connectivity index is 1.83. The number of carbonyl (C=O) groups is 2. The van der Waals surface area contributed by atoms with Gasteiger partial charge in [0.15, 0.2) is 0 Å². The first-order chi connectivity index (χ1) is 16.8. The first-order valence-electron chi connectivity index (χ1n) is 11.9. The number of pyridine rings is 1. The normalized spacial score (nSPS) is 21.6. The van der Waals surface area contributed by atoms with Crippen LogP contribution in [0.4, 0.5) is 0 Å². The highest BCUT2D eigenvalue weighted by Gasteiger charge is 2.34. The number of methoxy groups -OCH3 is 1. The standard InChI is InChI=1S/C25H36N4O6/c1-18-14-29(19(2)17-30)25(32)21-12-20(6-5-9-33-4)13-26-24(21)35-22(18)15-27(3)23(31)16-28-7-10-34-11-8-28/h12-13,18-19,22,30H,7-11,14-17H2,1-4H3/t18-,19-,22-/m0/s1. The molecule has 2 aliphatic heterocycles. The number of hydrogen-bond donors (Lipinski definition) is 1. The third-order valence-electron chi connectivity index (χ3n) is 6.31. The van der Waals surface area contributed by atoms with E-state index in [2.05, 4.69) is 21.7 Å². The molecule has 0 spiro atoms. The summed E-state index contributed by atoms with van der Waals surface area (Å²) in [6, 6.07) is 1.27. The van der Waals surface area contributed by atoms with Crippen molar-refractivity contribution in [1.82, 2.24) is 19.7 Å². The number of carbonyl (C=O) groups excluding carboxylic acids is 2. The number of hydrogen-bond acceptors (Lipinski definition) is 8. The Labute approximate surface area is 207 Å². The Kier molecular flexibility index (Phi) is 9.86. The molecule has 1 saturated heterocycles. The fourth-order valence-electron chi connectivity index (χ4n) is 4.04. The quantitative estimate of drug-likeness (QED) is 0.539. The molecule has 0 unspecified atom stereocenters. The van der Waals surface area contributed by atoms with E-state index in [0.29, 0.717) is 38.4 Å². The lowest BCUT2D eigenvalue weighted by molar-refractivity contribution is -0.133. The number of nitrogens with zero attached hydrogens (tertiary/aromatic N) is 4. The zero-order chi connectivity index (χ0) is 25.4. The molecule has 0 radical (unpaired) electrons. The van der Waals surface area contributed by atoms with Crippen molar-refractivity contribution in [3.05, 3.63) is 23.4 Å². The van der Waals surface area contributed by atoms with Crippen molar-refractivity contribution in [3.63, 3.8) is 0 Å². The highest BCUT2D eigenvalue weighted by Crippen LogP contribution is 2.27. The predicted molar refractivity (Wildman–Crippen MR) is 129 cm³/mol. The lowest BCUT2D eigenvalue weighted by Crippen LogP contribution is -2.51. The molecule has 2 amide bonds. The highest BCUT2D eigenvalue weighted by molar-refractivity contribution is 5.97. The van der Waals surface area contributed by atoms with E-state index in [1.807, 2.05) is 6.92 Å². The summed E-state index contributed by atoms with van der Waals surface area (Å²) in [4.78, 5) is 36.1. The van der Waals surface area contributed by atoms with E-state index in [1.165, 1.54) is 0 Å². The molecule has 10 nitrogen and oxygen atoms in total. The SMILES string of the molecule is COCC#Cc1cnc2c(c1)C(=O)N([C@@H](C)CO)C[C@H](C)[C@H](CN(C)C(=O)CN1CCOCC1)O2.